The van der Waals surface area contributed by atoms with Gasteiger partial charge in [-0.05, 0) is 13.8 Å². The number of H-pyrrole nitrogens is 1. The van der Waals surface area contributed by atoms with Gasteiger partial charge in [-0.25, -0.2) is 4.98 Å². The number of nitrogens with one attached hydrogen (secondary N) is 2. The minimum absolute atomic E-state index is 0.110. The third kappa shape index (κ3) is 3.19. The largest absolute Gasteiger partial charge is 0.351 e. The van der Waals surface area contributed by atoms with Gasteiger partial charge in [0.15, 0.2) is 5.82 Å². The number of hydrogen-bond donors (Lipinski definition) is 2. The molecule has 1 amide bonds. The van der Waals surface area contributed by atoms with Crippen molar-refractivity contribution < 1.29 is 4.79 Å². The zero-order valence-electron chi connectivity index (χ0n) is 14.0. The number of amides is 1. The molecule has 7 heteroatoms. The summed E-state index contributed by atoms with van der Waals surface area (Å²) in [4.78, 5) is 16.8. The Hall–Kier alpha value is -2.96. The summed E-state index contributed by atoms with van der Waals surface area (Å²) in [5.74, 6) is 1.30. The first-order valence-electron chi connectivity index (χ1n) is 7.81. The lowest BCUT2D eigenvalue weighted by Crippen LogP contribution is -2.27. The number of hydrogen-bond acceptors (Lipinski definition) is 4. The molecule has 7 nitrogen and oxygen atoms in total. The smallest absolute Gasteiger partial charge is 0.255 e. The van der Waals surface area contributed by atoms with Gasteiger partial charge in [0.2, 0.25) is 0 Å². The third-order valence-electron chi connectivity index (χ3n) is 3.95. The van der Waals surface area contributed by atoms with Crippen molar-refractivity contribution in [2.24, 2.45) is 7.05 Å². The average molecular weight is 324 g/mol. The lowest BCUT2D eigenvalue weighted by atomic mass is 10.2. The van der Waals surface area contributed by atoms with E-state index in [1.807, 2.05) is 51.2 Å². The van der Waals surface area contributed by atoms with Gasteiger partial charge in [0.25, 0.3) is 5.91 Å². The van der Waals surface area contributed by atoms with Gasteiger partial charge in [-0.15, -0.1) is 0 Å². The second-order valence-electron chi connectivity index (χ2n) is 5.65. The summed E-state index contributed by atoms with van der Waals surface area (Å²) in [5, 5.41) is 14.3. The van der Waals surface area contributed by atoms with Crippen LogP contribution >= 0.6 is 0 Å². The van der Waals surface area contributed by atoms with E-state index in [4.69, 9.17) is 0 Å². The molecule has 3 aromatic rings. The van der Waals surface area contributed by atoms with Gasteiger partial charge < -0.3 is 5.32 Å². The molecule has 0 aliphatic carbocycles. The van der Waals surface area contributed by atoms with Gasteiger partial charge in [-0.1, -0.05) is 30.3 Å². The first-order chi connectivity index (χ1) is 11.6. The molecule has 0 unspecified atom stereocenters. The molecular formula is C17H20N6O. The van der Waals surface area contributed by atoms with Crippen LogP contribution in [0, 0.1) is 13.8 Å². The van der Waals surface area contributed by atoms with Gasteiger partial charge in [-0.2, -0.15) is 10.2 Å². The van der Waals surface area contributed by atoms with E-state index >= 15 is 0 Å². The highest BCUT2D eigenvalue weighted by molar-refractivity contribution is 5.96. The molecule has 0 atom stereocenters. The summed E-state index contributed by atoms with van der Waals surface area (Å²) in [6, 6.07) is 9.77. The highest BCUT2D eigenvalue weighted by Gasteiger charge is 2.16. The predicted octanol–water partition coefficient (Wildman–Crippen LogP) is 1.79. The molecular weight excluding hydrogens is 304 g/mol. The lowest BCUT2D eigenvalue weighted by Gasteiger charge is -2.04. The van der Waals surface area contributed by atoms with Crippen LogP contribution in [0.4, 0.5) is 0 Å². The van der Waals surface area contributed by atoms with E-state index < -0.39 is 0 Å². The van der Waals surface area contributed by atoms with Crippen molar-refractivity contribution in [3.05, 3.63) is 53.1 Å². The van der Waals surface area contributed by atoms with Crippen molar-refractivity contribution in [2.75, 3.05) is 6.54 Å². The van der Waals surface area contributed by atoms with Crippen LogP contribution in [0.5, 0.6) is 0 Å². The van der Waals surface area contributed by atoms with Crippen molar-refractivity contribution >= 4 is 5.91 Å². The molecule has 3 rings (SSSR count). The van der Waals surface area contributed by atoms with Crippen molar-refractivity contribution in [1.82, 2.24) is 30.3 Å². The quantitative estimate of drug-likeness (QED) is 0.749. The molecule has 0 saturated carbocycles. The molecule has 0 radical (unpaired) electrons. The van der Waals surface area contributed by atoms with Crippen LogP contribution in [0.2, 0.25) is 0 Å². The molecule has 0 fully saturated rings. The fourth-order valence-electron chi connectivity index (χ4n) is 2.61. The van der Waals surface area contributed by atoms with Gasteiger partial charge in [0.1, 0.15) is 5.82 Å². The molecule has 0 aliphatic rings. The normalized spacial score (nSPS) is 10.8. The van der Waals surface area contributed by atoms with Crippen molar-refractivity contribution in [1.29, 1.82) is 0 Å². The number of aromatic amines is 1. The van der Waals surface area contributed by atoms with E-state index in [-0.39, 0.29) is 5.91 Å². The third-order valence-corrected chi connectivity index (χ3v) is 3.95. The number of carbonyl (C=O) groups is 1. The lowest BCUT2D eigenvalue weighted by molar-refractivity contribution is 0.0952. The summed E-state index contributed by atoms with van der Waals surface area (Å²) >= 11 is 0. The van der Waals surface area contributed by atoms with Crippen LogP contribution in [0.3, 0.4) is 0 Å². The zero-order chi connectivity index (χ0) is 17.1. The Kier molecular flexibility index (Phi) is 4.41. The summed E-state index contributed by atoms with van der Waals surface area (Å²) in [6.45, 7) is 4.21. The highest BCUT2D eigenvalue weighted by Crippen LogP contribution is 2.14. The van der Waals surface area contributed by atoms with Crippen molar-refractivity contribution in [3.8, 4) is 11.4 Å². The first kappa shape index (κ1) is 15.9. The minimum atomic E-state index is -0.110. The number of aryl methyl sites for hydroxylation is 2. The Labute approximate surface area is 140 Å². The fourth-order valence-corrected chi connectivity index (χ4v) is 2.61. The summed E-state index contributed by atoms with van der Waals surface area (Å²) < 4.78 is 1.72. The standard InChI is InChI=1S/C17H20N6O/c1-11-15(12(2)23(3)22-11)17(24)18-10-9-14-19-16(21-20-14)13-7-5-4-6-8-13/h4-8H,9-10H2,1-3H3,(H,18,24)(H,19,20,21). The molecule has 2 aromatic heterocycles. The second kappa shape index (κ2) is 6.66. The zero-order valence-corrected chi connectivity index (χ0v) is 14.0. The Morgan fingerprint density at radius 3 is 2.67 bits per heavy atom. The molecule has 0 spiro atoms. The SMILES string of the molecule is Cc1nn(C)c(C)c1C(=O)NCCc1nc(-c2ccccc2)n[nH]1. The van der Waals surface area contributed by atoms with Crippen molar-refractivity contribution in [3.63, 3.8) is 0 Å². The maximum Gasteiger partial charge on any atom is 0.255 e. The first-order valence-corrected chi connectivity index (χ1v) is 7.81. The van der Waals surface area contributed by atoms with Gasteiger partial charge in [0.05, 0.1) is 11.3 Å². The Bertz CT molecular complexity index is 849. The van der Waals surface area contributed by atoms with E-state index in [9.17, 15) is 4.79 Å². The van der Waals surface area contributed by atoms with Gasteiger partial charge >= 0.3 is 0 Å². The van der Waals surface area contributed by atoms with Crippen LogP contribution in [0.1, 0.15) is 27.6 Å². The average Bonchev–Trinajstić information content (AvgIpc) is 3.13. The fraction of sp³-hybridized carbons (Fsp3) is 0.294. The van der Waals surface area contributed by atoms with Crippen molar-refractivity contribution in [2.45, 2.75) is 20.3 Å². The molecule has 0 aliphatic heterocycles. The van der Waals surface area contributed by atoms with Crippen LogP contribution in [-0.4, -0.2) is 37.4 Å². The summed E-state index contributed by atoms with van der Waals surface area (Å²) in [5.41, 5.74) is 3.19. The van der Waals surface area contributed by atoms with E-state index in [2.05, 4.69) is 25.6 Å². The monoisotopic (exact) mass is 324 g/mol. The summed E-state index contributed by atoms with van der Waals surface area (Å²) in [7, 11) is 1.83. The molecule has 2 N–H and O–H groups in total. The number of aromatic nitrogens is 5. The second-order valence-corrected chi connectivity index (χ2v) is 5.65. The molecule has 24 heavy (non-hydrogen) atoms. The highest BCUT2D eigenvalue weighted by atomic mass is 16.1. The Balaban J connectivity index is 1.59. The molecule has 124 valence electrons. The van der Waals surface area contributed by atoms with Gasteiger partial charge in [0, 0.05) is 31.3 Å². The van der Waals surface area contributed by atoms with Crippen LogP contribution in [0.25, 0.3) is 11.4 Å². The van der Waals surface area contributed by atoms with Crippen LogP contribution in [-0.2, 0) is 13.5 Å². The number of carbonyl (C=O) groups excluding carboxylic acids is 1. The maximum absolute atomic E-state index is 12.3. The number of rotatable bonds is 5. The maximum atomic E-state index is 12.3. The Morgan fingerprint density at radius 2 is 2.00 bits per heavy atom. The van der Waals surface area contributed by atoms with E-state index in [1.54, 1.807) is 4.68 Å². The predicted molar refractivity (Wildman–Crippen MR) is 90.5 cm³/mol. The minimum Gasteiger partial charge on any atom is -0.351 e. The van der Waals surface area contributed by atoms with E-state index in [0.717, 1.165) is 22.8 Å². The van der Waals surface area contributed by atoms with Crippen LogP contribution < -0.4 is 5.32 Å². The number of nitrogens with zero attached hydrogens (tertiary/aromatic N) is 4. The van der Waals surface area contributed by atoms with E-state index in [0.29, 0.717) is 24.4 Å². The number of benzene rings is 1. The topological polar surface area (TPSA) is 88.5 Å². The Morgan fingerprint density at radius 1 is 1.25 bits per heavy atom. The molecule has 0 saturated heterocycles. The molecule has 1 aromatic carbocycles. The van der Waals surface area contributed by atoms with Crippen LogP contribution in [0.15, 0.2) is 30.3 Å². The molecule has 0 bridgehead atoms. The molecule has 2 heterocycles. The van der Waals surface area contributed by atoms with E-state index in [1.165, 1.54) is 0 Å². The van der Waals surface area contributed by atoms with Gasteiger partial charge in [-0.3, -0.25) is 14.6 Å². The summed E-state index contributed by atoms with van der Waals surface area (Å²) in [6.07, 6.45) is 0.587.